The van der Waals surface area contributed by atoms with Crippen LogP contribution < -0.4 is 4.74 Å². The van der Waals surface area contributed by atoms with Gasteiger partial charge in [-0.1, -0.05) is 24.2 Å². The summed E-state index contributed by atoms with van der Waals surface area (Å²) in [6.07, 6.45) is 3.91. The molecule has 0 radical (unpaired) electrons. The van der Waals surface area contributed by atoms with Crippen LogP contribution in [0.25, 0.3) is 0 Å². The van der Waals surface area contributed by atoms with Crippen molar-refractivity contribution in [3.63, 3.8) is 0 Å². The second-order valence-electron chi connectivity index (χ2n) is 6.36. The Bertz CT molecular complexity index is 756. The summed E-state index contributed by atoms with van der Waals surface area (Å²) < 4.78 is 10.7. The lowest BCUT2D eigenvalue weighted by molar-refractivity contribution is -0.131. The van der Waals surface area contributed by atoms with Gasteiger partial charge in [-0.15, -0.1) is 0 Å². The zero-order valence-corrected chi connectivity index (χ0v) is 13.8. The molecule has 0 N–H and O–H groups in total. The van der Waals surface area contributed by atoms with Crippen LogP contribution in [0.1, 0.15) is 48.6 Å². The average Bonchev–Trinajstić information content (AvgIpc) is 3.32. The Morgan fingerprint density at radius 2 is 2.33 bits per heavy atom. The molecule has 24 heavy (non-hydrogen) atoms. The molecule has 1 saturated heterocycles. The molecular formula is C18H21N3O3. The van der Waals surface area contributed by atoms with E-state index < -0.39 is 0 Å². The van der Waals surface area contributed by atoms with E-state index in [1.54, 1.807) is 0 Å². The quantitative estimate of drug-likeness (QED) is 0.863. The van der Waals surface area contributed by atoms with Gasteiger partial charge in [-0.3, -0.25) is 4.79 Å². The van der Waals surface area contributed by atoms with E-state index >= 15 is 0 Å². The van der Waals surface area contributed by atoms with Crippen LogP contribution >= 0.6 is 0 Å². The lowest BCUT2D eigenvalue weighted by Crippen LogP contribution is -2.32. The fourth-order valence-electron chi connectivity index (χ4n) is 3.51. The molecule has 2 aromatic rings. The Kier molecular flexibility index (Phi) is 3.96. The molecular weight excluding hydrogens is 306 g/mol. The van der Waals surface area contributed by atoms with Gasteiger partial charge in [0.05, 0.1) is 19.1 Å². The van der Waals surface area contributed by atoms with Crippen molar-refractivity contribution in [1.29, 1.82) is 0 Å². The van der Waals surface area contributed by atoms with Crippen molar-refractivity contribution in [1.82, 2.24) is 15.0 Å². The van der Waals surface area contributed by atoms with Gasteiger partial charge < -0.3 is 14.2 Å². The minimum Gasteiger partial charge on any atom is -0.493 e. The van der Waals surface area contributed by atoms with Crippen molar-refractivity contribution in [3.05, 3.63) is 41.0 Å². The van der Waals surface area contributed by atoms with Crippen LogP contribution in [0.15, 0.2) is 22.7 Å². The SMILES string of the molecule is CCc1nc([C@@H]2CCCN2C(=O)Cc2ccc3c(c2)CCO3)no1. The molecule has 6 nitrogen and oxygen atoms in total. The maximum atomic E-state index is 12.8. The van der Waals surface area contributed by atoms with Crippen molar-refractivity contribution >= 4 is 5.91 Å². The maximum Gasteiger partial charge on any atom is 0.227 e. The molecule has 0 spiro atoms. The zero-order valence-electron chi connectivity index (χ0n) is 13.8. The smallest absolute Gasteiger partial charge is 0.227 e. The van der Waals surface area contributed by atoms with Gasteiger partial charge in [0.1, 0.15) is 5.75 Å². The number of carbonyl (C=O) groups excluding carboxylic acids is 1. The highest BCUT2D eigenvalue weighted by atomic mass is 16.5. The summed E-state index contributed by atoms with van der Waals surface area (Å²) in [5.41, 5.74) is 2.24. The van der Waals surface area contributed by atoms with Crippen LogP contribution in [0.5, 0.6) is 5.75 Å². The molecule has 0 saturated carbocycles. The minimum atomic E-state index is -0.0562. The third kappa shape index (κ3) is 2.77. The largest absolute Gasteiger partial charge is 0.493 e. The monoisotopic (exact) mass is 327 g/mol. The standard InChI is InChI=1S/C18H21N3O3/c1-2-16-19-18(20-24-16)14-4-3-8-21(14)17(22)11-12-5-6-15-13(10-12)7-9-23-15/h5-6,10,14H,2-4,7-9,11H2,1H3/t14-/m0/s1. The van der Waals surface area contributed by atoms with E-state index in [9.17, 15) is 4.79 Å². The summed E-state index contributed by atoms with van der Waals surface area (Å²) >= 11 is 0. The number of hydrogen-bond donors (Lipinski definition) is 0. The second kappa shape index (κ2) is 6.26. The van der Waals surface area contributed by atoms with Crippen LogP contribution in [0.2, 0.25) is 0 Å². The molecule has 1 aromatic heterocycles. The number of fused-ring (bicyclic) bond motifs is 1. The summed E-state index contributed by atoms with van der Waals surface area (Å²) in [6, 6.07) is 5.99. The fraction of sp³-hybridized carbons (Fsp3) is 0.500. The number of hydrogen-bond acceptors (Lipinski definition) is 5. The van der Waals surface area contributed by atoms with Gasteiger partial charge in [-0.25, -0.2) is 0 Å². The number of carbonyl (C=O) groups is 1. The predicted octanol–water partition coefficient (Wildman–Crippen LogP) is 2.47. The molecule has 126 valence electrons. The lowest BCUT2D eigenvalue weighted by Gasteiger charge is -2.22. The highest BCUT2D eigenvalue weighted by molar-refractivity contribution is 5.79. The first-order chi connectivity index (χ1) is 11.7. The van der Waals surface area contributed by atoms with E-state index in [2.05, 4.69) is 16.2 Å². The van der Waals surface area contributed by atoms with Crippen LogP contribution in [-0.4, -0.2) is 34.1 Å². The Balaban J connectivity index is 1.48. The third-order valence-corrected chi connectivity index (χ3v) is 4.77. The summed E-state index contributed by atoms with van der Waals surface area (Å²) in [4.78, 5) is 19.1. The van der Waals surface area contributed by atoms with E-state index in [0.29, 0.717) is 24.6 Å². The molecule has 6 heteroatoms. The number of rotatable bonds is 4. The van der Waals surface area contributed by atoms with Gasteiger partial charge >= 0.3 is 0 Å². The summed E-state index contributed by atoms with van der Waals surface area (Å²) in [7, 11) is 0. The molecule has 1 amide bonds. The number of ether oxygens (including phenoxy) is 1. The van der Waals surface area contributed by atoms with E-state index in [4.69, 9.17) is 9.26 Å². The molecule has 1 aromatic carbocycles. The number of nitrogens with zero attached hydrogens (tertiary/aromatic N) is 3. The number of aromatic nitrogens is 2. The third-order valence-electron chi connectivity index (χ3n) is 4.77. The Morgan fingerprint density at radius 1 is 1.42 bits per heavy atom. The van der Waals surface area contributed by atoms with Crippen molar-refractivity contribution < 1.29 is 14.1 Å². The van der Waals surface area contributed by atoms with Crippen molar-refractivity contribution in [2.45, 2.75) is 45.1 Å². The number of aryl methyl sites for hydroxylation is 1. The molecule has 0 aliphatic carbocycles. The highest BCUT2D eigenvalue weighted by Crippen LogP contribution is 2.31. The van der Waals surface area contributed by atoms with Crippen molar-refractivity contribution in [2.75, 3.05) is 13.2 Å². The summed E-state index contributed by atoms with van der Waals surface area (Å²) in [5.74, 6) is 2.34. The molecule has 3 heterocycles. The molecule has 1 fully saturated rings. The van der Waals surface area contributed by atoms with Crippen molar-refractivity contribution in [3.8, 4) is 5.75 Å². The Morgan fingerprint density at radius 3 is 3.17 bits per heavy atom. The minimum absolute atomic E-state index is 0.0562. The molecule has 1 atom stereocenters. The lowest BCUT2D eigenvalue weighted by atomic mass is 10.1. The van der Waals surface area contributed by atoms with Gasteiger partial charge in [-0.2, -0.15) is 4.98 Å². The Hall–Kier alpha value is -2.37. The van der Waals surface area contributed by atoms with Crippen LogP contribution in [-0.2, 0) is 24.1 Å². The van der Waals surface area contributed by atoms with E-state index in [-0.39, 0.29) is 11.9 Å². The van der Waals surface area contributed by atoms with E-state index in [1.807, 2.05) is 24.0 Å². The summed E-state index contributed by atoms with van der Waals surface area (Å²) in [5, 5.41) is 4.06. The maximum absolute atomic E-state index is 12.8. The fourth-order valence-corrected chi connectivity index (χ4v) is 3.51. The normalized spacial score (nSPS) is 19.4. The van der Waals surface area contributed by atoms with Crippen LogP contribution in [0.4, 0.5) is 0 Å². The molecule has 0 unspecified atom stereocenters. The first-order valence-electron chi connectivity index (χ1n) is 8.61. The summed E-state index contributed by atoms with van der Waals surface area (Å²) in [6.45, 7) is 3.47. The highest BCUT2D eigenvalue weighted by Gasteiger charge is 2.33. The van der Waals surface area contributed by atoms with Gasteiger partial charge in [-0.05, 0) is 30.0 Å². The van der Waals surface area contributed by atoms with Crippen molar-refractivity contribution in [2.24, 2.45) is 0 Å². The van der Waals surface area contributed by atoms with E-state index in [1.165, 1.54) is 5.56 Å². The zero-order chi connectivity index (χ0) is 16.5. The van der Waals surface area contributed by atoms with Gasteiger partial charge in [0.2, 0.25) is 11.8 Å². The van der Waals surface area contributed by atoms with Crippen LogP contribution in [0.3, 0.4) is 0 Å². The van der Waals surface area contributed by atoms with Gasteiger partial charge in [0.15, 0.2) is 5.82 Å². The first-order valence-corrected chi connectivity index (χ1v) is 8.61. The molecule has 2 aliphatic heterocycles. The second-order valence-corrected chi connectivity index (χ2v) is 6.36. The molecule has 2 aliphatic rings. The molecule has 0 bridgehead atoms. The van der Waals surface area contributed by atoms with Gasteiger partial charge in [0, 0.05) is 19.4 Å². The number of amides is 1. The molecule has 4 rings (SSSR count). The Labute approximate surface area is 140 Å². The van der Waals surface area contributed by atoms with Crippen LogP contribution in [0, 0.1) is 0 Å². The van der Waals surface area contributed by atoms with Gasteiger partial charge in [0.25, 0.3) is 0 Å². The predicted molar refractivity (Wildman–Crippen MR) is 86.7 cm³/mol. The number of likely N-dealkylation sites (tertiary alicyclic amines) is 1. The first kappa shape index (κ1) is 15.2. The number of benzene rings is 1. The van der Waals surface area contributed by atoms with E-state index in [0.717, 1.165) is 43.7 Å². The topological polar surface area (TPSA) is 68.5 Å². The average molecular weight is 327 g/mol.